The molecule has 1 heterocycles. The van der Waals surface area contributed by atoms with E-state index in [2.05, 4.69) is 18.4 Å². The second-order valence-corrected chi connectivity index (χ2v) is 9.23. The summed E-state index contributed by atoms with van der Waals surface area (Å²) in [5.74, 6) is 1.17. The van der Waals surface area contributed by atoms with Gasteiger partial charge >= 0.3 is 6.18 Å². The third-order valence-corrected chi connectivity index (χ3v) is 5.75. The lowest BCUT2D eigenvalue weighted by Crippen LogP contribution is -2.38. The number of hydrogen-bond donors (Lipinski definition) is 0. The Bertz CT molecular complexity index is 616. The van der Waals surface area contributed by atoms with Crippen LogP contribution >= 0.6 is 11.8 Å². The minimum atomic E-state index is -4.29. The molecule has 26 heavy (non-hydrogen) atoms. The molecule has 1 atom stereocenters. The van der Waals surface area contributed by atoms with E-state index in [0.29, 0.717) is 16.7 Å². The van der Waals surface area contributed by atoms with Gasteiger partial charge in [0.15, 0.2) is 5.88 Å². The first kappa shape index (κ1) is 21.0. The first-order valence-corrected chi connectivity index (χ1v) is 9.80. The number of benzene rings is 1. The second-order valence-electron chi connectivity index (χ2n) is 7.78. The summed E-state index contributed by atoms with van der Waals surface area (Å²) < 4.78 is 44.4. The van der Waals surface area contributed by atoms with Crippen LogP contribution in [0.5, 0.6) is 0 Å². The number of alkyl halides is 3. The SMILES string of the molecule is C=C(OC(C)(C)C)N1CCC(C(C)Sc2cccc(C(F)(F)F)c2)CC1. The number of piperidine rings is 1. The molecular formula is C20H28F3NOS. The molecule has 2 nitrogen and oxygen atoms in total. The van der Waals surface area contributed by atoms with E-state index in [1.54, 1.807) is 6.07 Å². The van der Waals surface area contributed by atoms with Gasteiger partial charge in [0.2, 0.25) is 0 Å². The molecule has 0 aromatic heterocycles. The summed E-state index contributed by atoms with van der Waals surface area (Å²) in [5.41, 5.74) is -0.847. The van der Waals surface area contributed by atoms with E-state index in [1.165, 1.54) is 23.9 Å². The molecule has 0 saturated carbocycles. The van der Waals surface area contributed by atoms with Crippen molar-refractivity contribution >= 4 is 11.8 Å². The van der Waals surface area contributed by atoms with Gasteiger partial charge in [-0.15, -0.1) is 11.8 Å². The van der Waals surface area contributed by atoms with Crippen LogP contribution in [0.4, 0.5) is 13.2 Å². The molecular weight excluding hydrogens is 359 g/mol. The van der Waals surface area contributed by atoms with E-state index < -0.39 is 11.7 Å². The van der Waals surface area contributed by atoms with E-state index in [9.17, 15) is 13.2 Å². The standard InChI is InChI=1S/C20H28F3NOS/c1-14(26-18-8-6-7-17(13-18)20(21,22)23)16-9-11-24(12-10-16)15(2)25-19(3,4)5/h6-8,13-14,16H,2,9-12H2,1,3-5H3. The topological polar surface area (TPSA) is 12.5 Å². The highest BCUT2D eigenvalue weighted by Crippen LogP contribution is 2.37. The number of hydrogen-bond acceptors (Lipinski definition) is 3. The molecule has 0 bridgehead atoms. The number of halogens is 3. The molecule has 1 aromatic rings. The third-order valence-electron chi connectivity index (χ3n) is 4.46. The summed E-state index contributed by atoms with van der Waals surface area (Å²) in [6.07, 6.45) is -2.32. The van der Waals surface area contributed by atoms with Crippen LogP contribution in [-0.2, 0) is 10.9 Å². The predicted octanol–water partition coefficient (Wildman–Crippen LogP) is 6.18. The van der Waals surface area contributed by atoms with Gasteiger partial charge < -0.3 is 9.64 Å². The summed E-state index contributed by atoms with van der Waals surface area (Å²) in [4.78, 5) is 2.83. The second kappa shape index (κ2) is 8.15. The Morgan fingerprint density at radius 1 is 1.23 bits per heavy atom. The van der Waals surface area contributed by atoms with Crippen LogP contribution in [0, 0.1) is 5.92 Å². The fraction of sp³-hybridized carbons (Fsp3) is 0.600. The summed E-state index contributed by atoms with van der Waals surface area (Å²) in [6, 6.07) is 5.60. The Hall–Kier alpha value is -1.30. The molecule has 0 aliphatic carbocycles. The zero-order valence-corrected chi connectivity index (χ0v) is 16.7. The molecule has 2 rings (SSSR count). The molecule has 0 radical (unpaired) electrons. The summed E-state index contributed by atoms with van der Waals surface area (Å²) in [7, 11) is 0. The van der Waals surface area contributed by atoms with E-state index in [4.69, 9.17) is 4.74 Å². The highest BCUT2D eigenvalue weighted by atomic mass is 32.2. The fourth-order valence-corrected chi connectivity index (χ4v) is 4.34. The van der Waals surface area contributed by atoms with Gasteiger partial charge in [0.05, 0.1) is 5.56 Å². The van der Waals surface area contributed by atoms with Crippen molar-refractivity contribution in [3.8, 4) is 0 Å². The number of ether oxygens (including phenoxy) is 1. The van der Waals surface area contributed by atoms with Crippen molar-refractivity contribution in [2.75, 3.05) is 13.1 Å². The quantitative estimate of drug-likeness (QED) is 0.442. The molecule has 1 unspecified atom stereocenters. The fourth-order valence-electron chi connectivity index (χ4n) is 3.09. The van der Waals surface area contributed by atoms with E-state index in [1.807, 2.05) is 20.8 Å². The minimum Gasteiger partial charge on any atom is -0.474 e. The van der Waals surface area contributed by atoms with Crippen LogP contribution in [0.3, 0.4) is 0 Å². The van der Waals surface area contributed by atoms with Crippen molar-refractivity contribution in [3.05, 3.63) is 42.3 Å². The van der Waals surface area contributed by atoms with Gasteiger partial charge in [-0.1, -0.05) is 13.0 Å². The molecule has 0 amide bonds. The van der Waals surface area contributed by atoms with Gasteiger partial charge in [-0.05, 0) is 64.3 Å². The molecule has 6 heteroatoms. The first-order valence-electron chi connectivity index (χ1n) is 8.92. The normalized spacial score (nSPS) is 17.9. The van der Waals surface area contributed by atoms with Crippen LogP contribution < -0.4 is 0 Å². The highest BCUT2D eigenvalue weighted by molar-refractivity contribution is 8.00. The predicted molar refractivity (Wildman–Crippen MR) is 101 cm³/mol. The lowest BCUT2D eigenvalue weighted by molar-refractivity contribution is -0.137. The molecule has 0 N–H and O–H groups in total. The monoisotopic (exact) mass is 387 g/mol. The van der Waals surface area contributed by atoms with Crippen molar-refractivity contribution in [1.29, 1.82) is 0 Å². The Morgan fingerprint density at radius 2 is 1.85 bits per heavy atom. The lowest BCUT2D eigenvalue weighted by Gasteiger charge is -2.38. The Balaban J connectivity index is 1.89. The van der Waals surface area contributed by atoms with Gasteiger partial charge in [-0.3, -0.25) is 0 Å². The van der Waals surface area contributed by atoms with Crippen LogP contribution in [0.15, 0.2) is 41.6 Å². The maximum absolute atomic E-state index is 12.9. The number of rotatable bonds is 5. The molecule has 146 valence electrons. The number of nitrogens with zero attached hydrogens (tertiary/aromatic N) is 1. The maximum atomic E-state index is 12.9. The van der Waals surface area contributed by atoms with Crippen molar-refractivity contribution in [3.63, 3.8) is 0 Å². The van der Waals surface area contributed by atoms with Crippen LogP contribution in [0.25, 0.3) is 0 Å². The Morgan fingerprint density at radius 3 is 2.38 bits per heavy atom. The summed E-state index contributed by atoms with van der Waals surface area (Å²) in [6.45, 7) is 13.9. The average Bonchev–Trinajstić information content (AvgIpc) is 2.53. The summed E-state index contributed by atoms with van der Waals surface area (Å²) >= 11 is 1.53. The van der Waals surface area contributed by atoms with Gasteiger partial charge in [0.1, 0.15) is 5.60 Å². The molecule has 0 spiro atoms. The first-order chi connectivity index (χ1) is 12.0. The summed E-state index contributed by atoms with van der Waals surface area (Å²) in [5, 5.41) is 0.262. The van der Waals surface area contributed by atoms with E-state index in [0.717, 1.165) is 32.0 Å². The van der Waals surface area contributed by atoms with Crippen molar-refractivity contribution < 1.29 is 17.9 Å². The van der Waals surface area contributed by atoms with Crippen LogP contribution in [-0.4, -0.2) is 28.8 Å². The van der Waals surface area contributed by atoms with Crippen LogP contribution in [0.2, 0.25) is 0 Å². The molecule has 1 fully saturated rings. The maximum Gasteiger partial charge on any atom is 0.416 e. The Kier molecular flexibility index (Phi) is 6.59. The third kappa shape index (κ3) is 6.15. The number of likely N-dealkylation sites (tertiary alicyclic amines) is 1. The molecule has 1 aromatic carbocycles. The zero-order chi connectivity index (χ0) is 19.5. The van der Waals surface area contributed by atoms with Crippen molar-refractivity contribution in [2.24, 2.45) is 5.92 Å². The molecule has 1 aliphatic heterocycles. The average molecular weight is 388 g/mol. The van der Waals surface area contributed by atoms with Crippen LogP contribution in [0.1, 0.15) is 46.1 Å². The molecule has 1 aliphatic rings. The smallest absolute Gasteiger partial charge is 0.416 e. The van der Waals surface area contributed by atoms with Crippen molar-refractivity contribution in [2.45, 2.75) is 62.5 Å². The van der Waals surface area contributed by atoms with Crippen molar-refractivity contribution in [1.82, 2.24) is 4.90 Å². The van der Waals surface area contributed by atoms with Gasteiger partial charge in [0, 0.05) is 23.2 Å². The van der Waals surface area contributed by atoms with Gasteiger partial charge in [0.25, 0.3) is 0 Å². The Labute approximate surface area is 158 Å². The minimum absolute atomic E-state index is 0.262. The zero-order valence-electron chi connectivity index (χ0n) is 15.9. The largest absolute Gasteiger partial charge is 0.474 e. The van der Waals surface area contributed by atoms with E-state index in [-0.39, 0.29) is 10.9 Å². The lowest BCUT2D eigenvalue weighted by atomic mass is 9.94. The highest BCUT2D eigenvalue weighted by Gasteiger charge is 2.31. The van der Waals surface area contributed by atoms with E-state index >= 15 is 0 Å². The van der Waals surface area contributed by atoms with Gasteiger partial charge in [-0.2, -0.15) is 13.2 Å². The van der Waals surface area contributed by atoms with Gasteiger partial charge in [-0.25, -0.2) is 0 Å². The number of thioether (sulfide) groups is 1. The molecule has 1 saturated heterocycles.